The Hall–Kier alpha value is -1.14. The van der Waals surface area contributed by atoms with Crippen molar-refractivity contribution < 1.29 is 0 Å². The summed E-state index contributed by atoms with van der Waals surface area (Å²) in [6, 6.07) is 0. The predicted octanol–water partition coefficient (Wildman–Crippen LogP) is 2.52. The maximum absolute atomic E-state index is 5.65. The zero-order valence-corrected chi connectivity index (χ0v) is 11.0. The molecule has 1 heterocycles. The van der Waals surface area contributed by atoms with Crippen molar-refractivity contribution >= 4 is 39.7 Å². The van der Waals surface area contributed by atoms with E-state index in [0.717, 1.165) is 6.54 Å². The minimum absolute atomic E-state index is 0.159. The number of rotatable bonds is 5. The third kappa shape index (κ3) is 3.79. The van der Waals surface area contributed by atoms with Crippen LogP contribution in [0.3, 0.4) is 0 Å². The van der Waals surface area contributed by atoms with Crippen molar-refractivity contribution in [3.05, 3.63) is 28.7 Å². The van der Waals surface area contributed by atoms with Gasteiger partial charge in [-0.3, -0.25) is 10.4 Å². The lowest BCUT2D eigenvalue weighted by molar-refractivity contribution is 0.358. The molecule has 0 aromatic carbocycles. The molecule has 16 heavy (non-hydrogen) atoms. The van der Waals surface area contributed by atoms with E-state index in [1.807, 2.05) is 6.92 Å². The molecule has 7 heteroatoms. The predicted molar refractivity (Wildman–Crippen MR) is 68.6 cm³/mol. The van der Waals surface area contributed by atoms with Gasteiger partial charge in [-0.25, -0.2) is 9.98 Å². The Labute approximate surface area is 107 Å². The van der Waals surface area contributed by atoms with Gasteiger partial charge in [-0.05, 0) is 34.5 Å². The van der Waals surface area contributed by atoms with E-state index < -0.39 is 0 Å². The van der Waals surface area contributed by atoms with E-state index in [4.69, 9.17) is 11.6 Å². The molecule has 0 aliphatic heterocycles. The first-order valence-electron chi connectivity index (χ1n) is 4.53. The number of halogens is 2. The van der Waals surface area contributed by atoms with Gasteiger partial charge in [0.15, 0.2) is 5.82 Å². The van der Waals surface area contributed by atoms with E-state index in [-0.39, 0.29) is 5.28 Å². The summed E-state index contributed by atoms with van der Waals surface area (Å²) in [4.78, 5) is 11.8. The van der Waals surface area contributed by atoms with Crippen LogP contribution in [0, 0.1) is 0 Å². The quantitative estimate of drug-likeness (QED) is 0.393. The standard InChI is InChI=1S/C9H11BrClN5/c1-3-16(4-2)14-6-13-8-7(10)5-12-9(11)15-8/h3,5-6H,1,4H2,2H3,(H,12,13,14,15). The molecule has 1 N–H and O–H groups in total. The second kappa shape index (κ2) is 6.44. The van der Waals surface area contributed by atoms with E-state index in [0.29, 0.717) is 10.3 Å². The van der Waals surface area contributed by atoms with Crippen molar-refractivity contribution in [3.8, 4) is 0 Å². The summed E-state index contributed by atoms with van der Waals surface area (Å²) in [5.41, 5.74) is 2.91. The minimum atomic E-state index is 0.159. The first-order chi connectivity index (χ1) is 7.67. The second-order valence-corrected chi connectivity index (χ2v) is 3.86. The van der Waals surface area contributed by atoms with Crippen molar-refractivity contribution in [3.63, 3.8) is 0 Å². The molecule has 0 unspecified atom stereocenters. The SMILES string of the molecule is C=CN(CC)NC=Nc1nc(Cl)ncc1Br. The van der Waals surface area contributed by atoms with Crippen LogP contribution in [0.5, 0.6) is 0 Å². The van der Waals surface area contributed by atoms with Gasteiger partial charge in [-0.15, -0.1) is 0 Å². The van der Waals surface area contributed by atoms with E-state index in [2.05, 4.69) is 42.9 Å². The van der Waals surface area contributed by atoms with Gasteiger partial charge in [-0.2, -0.15) is 4.98 Å². The molecule has 0 aliphatic rings. The Balaban J connectivity index is 2.68. The maximum atomic E-state index is 5.65. The average Bonchev–Trinajstić information content (AvgIpc) is 2.29. The van der Waals surface area contributed by atoms with E-state index in [1.165, 1.54) is 6.34 Å². The molecule has 0 fully saturated rings. The molecule has 0 amide bonds. The summed E-state index contributed by atoms with van der Waals surface area (Å²) in [7, 11) is 0. The van der Waals surface area contributed by atoms with Crippen LogP contribution >= 0.6 is 27.5 Å². The lowest BCUT2D eigenvalue weighted by Crippen LogP contribution is -2.31. The highest BCUT2D eigenvalue weighted by Crippen LogP contribution is 2.22. The van der Waals surface area contributed by atoms with Crippen LogP contribution in [-0.2, 0) is 0 Å². The number of hydrogen-bond donors (Lipinski definition) is 1. The van der Waals surface area contributed by atoms with Crippen LogP contribution in [0.15, 0.2) is 28.4 Å². The second-order valence-electron chi connectivity index (χ2n) is 2.67. The number of hydrogen-bond acceptors (Lipinski definition) is 4. The number of aromatic nitrogens is 2. The van der Waals surface area contributed by atoms with Gasteiger partial charge < -0.3 is 0 Å². The van der Waals surface area contributed by atoms with Gasteiger partial charge in [-0.1, -0.05) is 6.58 Å². The molecule has 0 radical (unpaired) electrons. The summed E-state index contributed by atoms with van der Waals surface area (Å²) in [6.07, 6.45) is 4.72. The van der Waals surface area contributed by atoms with E-state index >= 15 is 0 Å². The first-order valence-corrected chi connectivity index (χ1v) is 5.70. The topological polar surface area (TPSA) is 53.4 Å². The zero-order valence-electron chi connectivity index (χ0n) is 8.69. The summed E-state index contributed by atoms with van der Waals surface area (Å²) >= 11 is 8.92. The molecule has 1 aromatic heterocycles. The summed E-state index contributed by atoms with van der Waals surface area (Å²) in [5.74, 6) is 0.465. The van der Waals surface area contributed by atoms with Gasteiger partial charge in [0.1, 0.15) is 6.34 Å². The normalized spacial score (nSPS) is 10.4. The molecule has 0 aliphatic carbocycles. The van der Waals surface area contributed by atoms with Crippen molar-refractivity contribution in [1.29, 1.82) is 0 Å². The van der Waals surface area contributed by atoms with E-state index in [1.54, 1.807) is 17.4 Å². The summed E-state index contributed by atoms with van der Waals surface area (Å²) < 4.78 is 0.677. The fourth-order valence-electron chi connectivity index (χ4n) is 0.865. The highest BCUT2D eigenvalue weighted by molar-refractivity contribution is 9.10. The van der Waals surface area contributed by atoms with Crippen LogP contribution in [0.1, 0.15) is 6.92 Å². The number of nitrogens with zero attached hydrogens (tertiary/aromatic N) is 4. The highest BCUT2D eigenvalue weighted by Gasteiger charge is 2.00. The molecule has 86 valence electrons. The minimum Gasteiger partial charge on any atom is -0.295 e. The molecule has 0 bridgehead atoms. The van der Waals surface area contributed by atoms with Gasteiger partial charge in [0, 0.05) is 18.9 Å². The Morgan fingerprint density at radius 3 is 3.12 bits per heavy atom. The third-order valence-corrected chi connectivity index (χ3v) is 2.41. The lowest BCUT2D eigenvalue weighted by atomic mass is 10.6. The molecule has 0 spiro atoms. The smallest absolute Gasteiger partial charge is 0.224 e. The van der Waals surface area contributed by atoms with Crippen molar-refractivity contribution in [1.82, 2.24) is 20.4 Å². The van der Waals surface area contributed by atoms with E-state index in [9.17, 15) is 0 Å². The van der Waals surface area contributed by atoms with Crippen LogP contribution in [-0.4, -0.2) is 27.9 Å². The molecule has 0 saturated carbocycles. The van der Waals surface area contributed by atoms with Gasteiger partial charge in [0.2, 0.25) is 5.28 Å². The van der Waals surface area contributed by atoms with Crippen molar-refractivity contribution in [2.24, 2.45) is 4.99 Å². The third-order valence-electron chi connectivity index (χ3n) is 1.67. The molecule has 1 rings (SSSR count). The Bertz CT molecular complexity index is 395. The molecular formula is C9H11BrClN5. The Morgan fingerprint density at radius 2 is 2.50 bits per heavy atom. The largest absolute Gasteiger partial charge is 0.295 e. The number of hydrazine groups is 1. The monoisotopic (exact) mass is 303 g/mol. The summed E-state index contributed by atoms with van der Waals surface area (Å²) in [5, 5.41) is 1.92. The van der Waals surface area contributed by atoms with Crippen molar-refractivity contribution in [2.45, 2.75) is 6.92 Å². The molecule has 0 saturated heterocycles. The lowest BCUT2D eigenvalue weighted by Gasteiger charge is -2.15. The number of aliphatic imine (C=N–C) groups is 1. The van der Waals surface area contributed by atoms with Gasteiger partial charge in [0.25, 0.3) is 0 Å². The molecule has 0 atom stereocenters. The first kappa shape index (κ1) is 12.9. The average molecular weight is 305 g/mol. The van der Waals surface area contributed by atoms with Crippen LogP contribution in [0.2, 0.25) is 5.28 Å². The van der Waals surface area contributed by atoms with Crippen LogP contribution in [0.25, 0.3) is 0 Å². The zero-order chi connectivity index (χ0) is 12.0. The van der Waals surface area contributed by atoms with Gasteiger partial charge in [0.05, 0.1) is 4.47 Å². The molecule has 1 aromatic rings. The molecule has 5 nitrogen and oxygen atoms in total. The summed E-state index contributed by atoms with van der Waals surface area (Å²) in [6.45, 7) is 6.40. The van der Waals surface area contributed by atoms with Crippen LogP contribution in [0.4, 0.5) is 5.82 Å². The fraction of sp³-hybridized carbons (Fsp3) is 0.222. The van der Waals surface area contributed by atoms with Gasteiger partial charge >= 0.3 is 0 Å². The highest BCUT2D eigenvalue weighted by atomic mass is 79.9. The Kier molecular flexibility index (Phi) is 5.21. The van der Waals surface area contributed by atoms with Crippen molar-refractivity contribution in [2.75, 3.05) is 6.54 Å². The molecular weight excluding hydrogens is 293 g/mol. The number of nitrogens with one attached hydrogen (secondary N) is 1. The fourth-order valence-corrected chi connectivity index (χ4v) is 1.29. The van der Waals surface area contributed by atoms with Crippen LogP contribution < -0.4 is 5.43 Å². The maximum Gasteiger partial charge on any atom is 0.224 e. The Morgan fingerprint density at radius 1 is 1.75 bits per heavy atom.